The molecular formula is C9H18BrO3P. The second-order valence-electron chi connectivity index (χ2n) is 3.51. The molecule has 0 atom stereocenters. The molecule has 0 radical (unpaired) electrons. The van der Waals surface area contributed by atoms with Gasteiger partial charge in [0, 0.05) is 10.6 Å². The smallest absolute Gasteiger partial charge is 0.303 e. The molecule has 0 bridgehead atoms. The lowest BCUT2D eigenvalue weighted by molar-refractivity contribution is 0.147. The molecule has 0 aromatic heterocycles. The van der Waals surface area contributed by atoms with Gasteiger partial charge in [0.15, 0.2) is 0 Å². The van der Waals surface area contributed by atoms with Crippen LogP contribution in [0.1, 0.15) is 27.7 Å². The van der Waals surface area contributed by atoms with Gasteiger partial charge in [-0.2, -0.15) is 0 Å². The lowest BCUT2D eigenvalue weighted by Crippen LogP contribution is -2.09. The van der Waals surface area contributed by atoms with Crippen LogP contribution in [0.4, 0.5) is 0 Å². The molecule has 0 aromatic carbocycles. The molecule has 0 fully saturated rings. The minimum atomic E-state index is -3.16. The first-order valence-electron chi connectivity index (χ1n) is 4.53. The zero-order valence-corrected chi connectivity index (χ0v) is 11.6. The summed E-state index contributed by atoms with van der Waals surface area (Å²) in [6, 6.07) is 0. The van der Waals surface area contributed by atoms with E-state index < -0.39 is 7.60 Å². The van der Waals surface area contributed by atoms with Gasteiger partial charge < -0.3 is 9.05 Å². The Hall–Kier alpha value is 0.370. The van der Waals surface area contributed by atoms with E-state index in [0.717, 1.165) is 0 Å². The molecular weight excluding hydrogens is 267 g/mol. The Morgan fingerprint density at radius 2 is 1.64 bits per heavy atom. The summed E-state index contributed by atoms with van der Waals surface area (Å²) in [5, 5.41) is 0.879. The molecule has 0 rings (SSSR count). The highest BCUT2D eigenvalue weighted by Crippen LogP contribution is 2.57. The van der Waals surface area contributed by atoms with Crippen LogP contribution in [-0.2, 0) is 13.6 Å². The van der Waals surface area contributed by atoms with Crippen molar-refractivity contribution < 1.29 is 13.6 Å². The van der Waals surface area contributed by atoms with E-state index >= 15 is 0 Å². The van der Waals surface area contributed by atoms with Crippen LogP contribution >= 0.6 is 23.5 Å². The van der Waals surface area contributed by atoms with Crippen LogP contribution in [-0.4, -0.2) is 17.5 Å². The maximum absolute atomic E-state index is 12.2. The van der Waals surface area contributed by atoms with Crippen molar-refractivity contribution in [3.8, 4) is 0 Å². The van der Waals surface area contributed by atoms with Crippen LogP contribution in [0.15, 0.2) is 11.9 Å². The van der Waals surface area contributed by atoms with E-state index in [1.165, 1.54) is 0 Å². The van der Waals surface area contributed by atoms with Crippen molar-refractivity contribution in [1.82, 2.24) is 0 Å². The summed E-state index contributed by atoms with van der Waals surface area (Å²) in [5.74, 6) is 0. The minimum Gasteiger partial charge on any atom is -0.303 e. The summed E-state index contributed by atoms with van der Waals surface area (Å²) in [5.41, 5.74) is 0. The minimum absolute atomic E-state index is 0.143. The number of rotatable bonds is 6. The van der Waals surface area contributed by atoms with Gasteiger partial charge in [-0.3, -0.25) is 4.57 Å². The van der Waals surface area contributed by atoms with Gasteiger partial charge in [0.2, 0.25) is 0 Å². The summed E-state index contributed by atoms with van der Waals surface area (Å²) in [6.07, 6.45) is -0.286. The van der Waals surface area contributed by atoms with Gasteiger partial charge in [0.25, 0.3) is 0 Å². The molecule has 14 heavy (non-hydrogen) atoms. The molecule has 84 valence electrons. The van der Waals surface area contributed by atoms with Crippen molar-refractivity contribution in [3.05, 3.63) is 11.9 Å². The monoisotopic (exact) mass is 284 g/mol. The zero-order valence-electron chi connectivity index (χ0n) is 9.12. The molecule has 5 heteroatoms. The first kappa shape index (κ1) is 14.4. The Morgan fingerprint density at radius 3 is 1.86 bits per heavy atom. The second kappa shape index (κ2) is 6.06. The molecule has 0 spiro atoms. The van der Waals surface area contributed by atoms with Gasteiger partial charge >= 0.3 is 7.60 Å². The van der Waals surface area contributed by atoms with Crippen LogP contribution < -0.4 is 0 Å². The summed E-state index contributed by atoms with van der Waals surface area (Å²) < 4.78 is 22.8. The second-order valence-corrected chi connectivity index (χ2v) is 6.12. The highest BCUT2D eigenvalue weighted by Gasteiger charge is 2.30. The average Bonchev–Trinajstić information content (AvgIpc) is 1.99. The summed E-state index contributed by atoms with van der Waals surface area (Å²) in [4.78, 5) is 0. The fraction of sp³-hybridized carbons (Fsp3) is 0.778. The molecule has 0 amide bonds. The number of allylic oxidation sites excluding steroid dienone is 1. The van der Waals surface area contributed by atoms with Gasteiger partial charge in [-0.1, -0.05) is 22.5 Å². The SMILES string of the molecule is C=C(CBr)P(=O)(OC(C)C)OC(C)C. The maximum atomic E-state index is 12.2. The van der Waals surface area contributed by atoms with E-state index in [2.05, 4.69) is 22.5 Å². The van der Waals surface area contributed by atoms with Crippen molar-refractivity contribution in [2.24, 2.45) is 0 Å². The van der Waals surface area contributed by atoms with E-state index in [0.29, 0.717) is 10.6 Å². The van der Waals surface area contributed by atoms with Gasteiger partial charge in [0.1, 0.15) is 0 Å². The Morgan fingerprint density at radius 1 is 1.29 bits per heavy atom. The Kier molecular flexibility index (Phi) is 6.22. The van der Waals surface area contributed by atoms with Crippen molar-refractivity contribution in [2.45, 2.75) is 39.9 Å². The fourth-order valence-electron chi connectivity index (χ4n) is 0.802. The van der Waals surface area contributed by atoms with Gasteiger partial charge in [-0.05, 0) is 27.7 Å². The van der Waals surface area contributed by atoms with Crippen LogP contribution in [0.2, 0.25) is 0 Å². The normalized spacial score (nSPS) is 12.5. The van der Waals surface area contributed by atoms with E-state index in [9.17, 15) is 4.57 Å². The third kappa shape index (κ3) is 4.74. The van der Waals surface area contributed by atoms with E-state index in [1.54, 1.807) is 0 Å². The highest BCUT2D eigenvalue weighted by atomic mass is 79.9. The highest BCUT2D eigenvalue weighted by molar-refractivity contribution is 9.09. The molecule has 0 aromatic rings. The number of hydrogen-bond acceptors (Lipinski definition) is 3. The van der Waals surface area contributed by atoms with Crippen molar-refractivity contribution in [1.29, 1.82) is 0 Å². The van der Waals surface area contributed by atoms with E-state index in [1.807, 2.05) is 27.7 Å². The van der Waals surface area contributed by atoms with Crippen molar-refractivity contribution >= 4 is 23.5 Å². The Labute approximate surface area is 94.5 Å². The molecule has 0 N–H and O–H groups in total. The van der Waals surface area contributed by atoms with Crippen LogP contribution in [0.3, 0.4) is 0 Å². The average molecular weight is 285 g/mol. The summed E-state index contributed by atoms with van der Waals surface area (Å²) >= 11 is 3.20. The molecule has 0 unspecified atom stereocenters. The first-order chi connectivity index (χ1) is 6.31. The third-order valence-corrected chi connectivity index (χ3v) is 4.68. The third-order valence-electron chi connectivity index (χ3n) is 1.24. The van der Waals surface area contributed by atoms with Crippen LogP contribution in [0.25, 0.3) is 0 Å². The molecule has 0 heterocycles. The molecule has 3 nitrogen and oxygen atoms in total. The molecule has 0 aliphatic rings. The van der Waals surface area contributed by atoms with E-state index in [-0.39, 0.29) is 12.2 Å². The quantitative estimate of drug-likeness (QED) is 0.547. The van der Waals surface area contributed by atoms with E-state index in [4.69, 9.17) is 9.05 Å². The van der Waals surface area contributed by atoms with Crippen LogP contribution in [0.5, 0.6) is 0 Å². The van der Waals surface area contributed by atoms with Gasteiger partial charge in [-0.15, -0.1) is 0 Å². The molecule has 0 saturated carbocycles. The zero-order chi connectivity index (χ0) is 11.4. The Bertz CT molecular complexity index is 224. The lowest BCUT2D eigenvalue weighted by Gasteiger charge is -2.23. The van der Waals surface area contributed by atoms with Crippen LogP contribution in [0, 0.1) is 0 Å². The largest absolute Gasteiger partial charge is 0.358 e. The van der Waals surface area contributed by atoms with Gasteiger partial charge in [-0.25, -0.2) is 0 Å². The van der Waals surface area contributed by atoms with Crippen molar-refractivity contribution in [3.63, 3.8) is 0 Å². The summed E-state index contributed by atoms with van der Waals surface area (Å²) in [6.45, 7) is 11.0. The molecule has 0 aliphatic carbocycles. The fourth-order valence-corrected chi connectivity index (χ4v) is 3.33. The predicted octanol–water partition coefficient (Wildman–Crippen LogP) is 3.94. The number of alkyl halides is 1. The lowest BCUT2D eigenvalue weighted by atomic mass is 10.5. The number of halogens is 1. The summed E-state index contributed by atoms with van der Waals surface area (Å²) in [7, 11) is -3.16. The molecule has 0 aliphatic heterocycles. The first-order valence-corrected chi connectivity index (χ1v) is 7.19. The Balaban J connectivity index is 4.67. The van der Waals surface area contributed by atoms with Crippen molar-refractivity contribution in [2.75, 3.05) is 5.33 Å². The topological polar surface area (TPSA) is 35.5 Å². The number of hydrogen-bond donors (Lipinski definition) is 0. The van der Waals surface area contributed by atoms with Gasteiger partial charge in [0.05, 0.1) is 12.2 Å². The predicted molar refractivity (Wildman–Crippen MR) is 63.0 cm³/mol. The standard InChI is InChI=1S/C9H18BrO3P/c1-7(2)12-14(11,9(5)6-10)13-8(3)4/h7-8H,5-6H2,1-4H3. The molecule has 0 saturated heterocycles. The maximum Gasteiger partial charge on any atom is 0.358 e.